The number of carbonyl (C=O) groups is 4. The van der Waals surface area contributed by atoms with E-state index in [0.29, 0.717) is 35.6 Å². The first-order valence-corrected chi connectivity index (χ1v) is 12.4. The molecular formula is C28H36N2O6. The van der Waals surface area contributed by atoms with Crippen molar-refractivity contribution in [2.45, 2.75) is 59.4 Å². The fraction of sp³-hybridized carbons (Fsp3) is 0.429. The van der Waals surface area contributed by atoms with E-state index in [9.17, 15) is 19.2 Å². The molecule has 8 heteroatoms. The first kappa shape index (κ1) is 28.6. The fourth-order valence-electron chi connectivity index (χ4n) is 3.46. The molecule has 0 saturated carbocycles. The van der Waals surface area contributed by atoms with Crippen LogP contribution < -0.4 is 15.4 Å². The average Bonchev–Trinajstić information content (AvgIpc) is 2.86. The Bertz CT molecular complexity index is 1030. The molecule has 0 fully saturated rings. The molecule has 2 amide bonds. The predicted molar refractivity (Wildman–Crippen MR) is 138 cm³/mol. The number of rotatable bonds is 14. The number of amides is 2. The van der Waals surface area contributed by atoms with Gasteiger partial charge in [0.2, 0.25) is 5.91 Å². The molecule has 2 aromatic carbocycles. The van der Waals surface area contributed by atoms with Crippen LogP contribution in [-0.2, 0) is 14.3 Å². The maximum Gasteiger partial charge on any atom is 0.329 e. The second-order valence-electron chi connectivity index (χ2n) is 8.74. The third kappa shape index (κ3) is 8.83. The van der Waals surface area contributed by atoms with Crippen LogP contribution in [0.4, 0.5) is 5.69 Å². The number of para-hydroxylation sites is 1. The molecule has 194 valence electrons. The minimum absolute atomic E-state index is 0.0675. The fourth-order valence-corrected chi connectivity index (χ4v) is 3.46. The molecule has 8 nitrogen and oxygen atoms in total. The molecule has 0 saturated heterocycles. The zero-order chi connectivity index (χ0) is 26.5. The van der Waals surface area contributed by atoms with Crippen LogP contribution in [0.25, 0.3) is 0 Å². The van der Waals surface area contributed by atoms with Gasteiger partial charge in [-0.3, -0.25) is 14.4 Å². The quantitative estimate of drug-likeness (QED) is 0.221. The van der Waals surface area contributed by atoms with E-state index in [4.69, 9.17) is 9.47 Å². The van der Waals surface area contributed by atoms with Crippen molar-refractivity contribution in [2.24, 2.45) is 5.92 Å². The SMILES string of the molecule is CCCCCC(=O)Nc1ccc(C(=O)COC(=O)[C@@H](NC(=O)c2ccccc2OCC)C(C)C)cc1. The Hall–Kier alpha value is -3.68. The maximum absolute atomic E-state index is 12.8. The number of nitrogens with one attached hydrogen (secondary N) is 2. The molecule has 0 aliphatic carbocycles. The zero-order valence-electron chi connectivity index (χ0n) is 21.5. The molecule has 2 aromatic rings. The summed E-state index contributed by atoms with van der Waals surface area (Å²) in [7, 11) is 0. The smallest absolute Gasteiger partial charge is 0.329 e. The summed E-state index contributed by atoms with van der Waals surface area (Å²) >= 11 is 0. The highest BCUT2D eigenvalue weighted by Crippen LogP contribution is 2.19. The van der Waals surface area contributed by atoms with Gasteiger partial charge in [-0.2, -0.15) is 0 Å². The highest BCUT2D eigenvalue weighted by Gasteiger charge is 2.28. The van der Waals surface area contributed by atoms with Gasteiger partial charge in [-0.1, -0.05) is 45.7 Å². The Morgan fingerprint density at radius 3 is 2.25 bits per heavy atom. The van der Waals surface area contributed by atoms with Crippen molar-refractivity contribution in [3.8, 4) is 5.75 Å². The number of hydrogen-bond donors (Lipinski definition) is 2. The maximum atomic E-state index is 12.8. The molecule has 1 atom stereocenters. The molecule has 0 aromatic heterocycles. The van der Waals surface area contributed by atoms with Crippen LogP contribution in [0.2, 0.25) is 0 Å². The van der Waals surface area contributed by atoms with E-state index in [2.05, 4.69) is 17.6 Å². The van der Waals surface area contributed by atoms with Gasteiger partial charge in [-0.15, -0.1) is 0 Å². The standard InChI is InChI=1S/C28H36N2O6/c1-5-7-8-13-25(32)29-21-16-14-20(15-17-21)23(31)18-36-28(34)26(19(3)4)30-27(33)22-11-9-10-12-24(22)35-6-2/h9-12,14-17,19,26H,5-8,13,18H2,1-4H3,(H,29,32)(H,30,33)/t26-/m0/s1. The molecule has 0 bridgehead atoms. The van der Waals surface area contributed by atoms with Crippen molar-refractivity contribution in [2.75, 3.05) is 18.5 Å². The van der Waals surface area contributed by atoms with E-state index in [1.807, 2.05) is 6.92 Å². The van der Waals surface area contributed by atoms with Gasteiger partial charge < -0.3 is 20.1 Å². The van der Waals surface area contributed by atoms with Gasteiger partial charge in [0.1, 0.15) is 11.8 Å². The molecule has 0 aliphatic rings. The van der Waals surface area contributed by atoms with Gasteiger partial charge in [0.15, 0.2) is 12.4 Å². The van der Waals surface area contributed by atoms with Gasteiger partial charge in [0, 0.05) is 17.7 Å². The van der Waals surface area contributed by atoms with Crippen LogP contribution in [0.5, 0.6) is 5.75 Å². The van der Waals surface area contributed by atoms with Crippen LogP contribution in [0.15, 0.2) is 48.5 Å². The number of esters is 1. The number of Topliss-reactive ketones (excluding diaryl/α,β-unsaturated/α-hetero) is 1. The highest BCUT2D eigenvalue weighted by molar-refractivity contribution is 6.01. The van der Waals surface area contributed by atoms with Gasteiger partial charge >= 0.3 is 5.97 Å². The third-order valence-corrected chi connectivity index (χ3v) is 5.48. The summed E-state index contributed by atoms with van der Waals surface area (Å²) in [6.45, 7) is 7.38. The van der Waals surface area contributed by atoms with Crippen molar-refractivity contribution in [3.05, 3.63) is 59.7 Å². The number of anilines is 1. The number of hydrogen-bond acceptors (Lipinski definition) is 6. The lowest BCUT2D eigenvalue weighted by molar-refractivity contribution is -0.146. The van der Waals surface area contributed by atoms with E-state index >= 15 is 0 Å². The minimum Gasteiger partial charge on any atom is -0.493 e. The lowest BCUT2D eigenvalue weighted by Gasteiger charge is -2.21. The summed E-state index contributed by atoms with van der Waals surface area (Å²) in [4.78, 5) is 50.0. The summed E-state index contributed by atoms with van der Waals surface area (Å²) in [5, 5.41) is 5.50. The van der Waals surface area contributed by atoms with Gasteiger partial charge in [-0.05, 0) is 55.7 Å². The summed E-state index contributed by atoms with van der Waals surface area (Å²) in [6.07, 6.45) is 3.33. The minimum atomic E-state index is -0.940. The van der Waals surface area contributed by atoms with E-state index in [1.165, 1.54) is 0 Å². The number of ketones is 1. The molecule has 0 radical (unpaired) electrons. The van der Waals surface area contributed by atoms with Crippen LogP contribution in [-0.4, -0.2) is 42.8 Å². The van der Waals surface area contributed by atoms with Crippen LogP contribution in [0.1, 0.15) is 74.1 Å². The van der Waals surface area contributed by atoms with Crippen molar-refractivity contribution < 1.29 is 28.7 Å². The monoisotopic (exact) mass is 496 g/mol. The van der Waals surface area contributed by atoms with E-state index in [1.54, 1.807) is 62.4 Å². The molecule has 0 unspecified atom stereocenters. The lowest BCUT2D eigenvalue weighted by Crippen LogP contribution is -2.45. The molecule has 2 N–H and O–H groups in total. The molecule has 0 spiro atoms. The van der Waals surface area contributed by atoms with E-state index in [0.717, 1.165) is 19.3 Å². The molecule has 0 aliphatic heterocycles. The van der Waals surface area contributed by atoms with Crippen molar-refractivity contribution in [1.29, 1.82) is 0 Å². The molecule has 0 heterocycles. The Kier molecular flexibility index (Phi) is 11.6. The lowest BCUT2D eigenvalue weighted by atomic mass is 10.0. The average molecular weight is 497 g/mol. The van der Waals surface area contributed by atoms with Crippen molar-refractivity contribution in [1.82, 2.24) is 5.32 Å². The van der Waals surface area contributed by atoms with Gasteiger partial charge in [0.25, 0.3) is 5.91 Å². The molecule has 2 rings (SSSR count). The van der Waals surface area contributed by atoms with Crippen molar-refractivity contribution >= 4 is 29.3 Å². The largest absolute Gasteiger partial charge is 0.493 e. The van der Waals surface area contributed by atoms with Crippen LogP contribution in [0, 0.1) is 5.92 Å². The Balaban J connectivity index is 1.93. The van der Waals surface area contributed by atoms with Crippen LogP contribution >= 0.6 is 0 Å². The molecular weight excluding hydrogens is 460 g/mol. The second kappa shape index (κ2) is 14.7. The first-order valence-electron chi connectivity index (χ1n) is 12.4. The van der Waals surface area contributed by atoms with E-state index in [-0.39, 0.29) is 17.6 Å². The second-order valence-corrected chi connectivity index (χ2v) is 8.74. The Morgan fingerprint density at radius 1 is 0.917 bits per heavy atom. The highest BCUT2D eigenvalue weighted by atomic mass is 16.5. The number of carbonyl (C=O) groups excluding carboxylic acids is 4. The topological polar surface area (TPSA) is 111 Å². The Morgan fingerprint density at radius 2 is 1.61 bits per heavy atom. The number of unbranched alkanes of at least 4 members (excludes halogenated alkanes) is 2. The third-order valence-electron chi connectivity index (χ3n) is 5.48. The van der Waals surface area contributed by atoms with Crippen LogP contribution in [0.3, 0.4) is 0 Å². The summed E-state index contributed by atoms with van der Waals surface area (Å²) in [6, 6.07) is 12.3. The Labute approximate surface area is 212 Å². The summed E-state index contributed by atoms with van der Waals surface area (Å²) in [5.41, 5.74) is 1.26. The van der Waals surface area contributed by atoms with Gasteiger partial charge in [-0.25, -0.2) is 4.79 Å². The number of benzene rings is 2. The first-order chi connectivity index (χ1) is 17.3. The molecule has 36 heavy (non-hydrogen) atoms. The predicted octanol–water partition coefficient (Wildman–Crippen LogP) is 4.78. The van der Waals surface area contributed by atoms with Crippen molar-refractivity contribution in [3.63, 3.8) is 0 Å². The van der Waals surface area contributed by atoms with Gasteiger partial charge in [0.05, 0.1) is 12.2 Å². The normalized spacial score (nSPS) is 11.5. The van der Waals surface area contributed by atoms with E-state index < -0.39 is 24.5 Å². The number of ether oxygens (including phenoxy) is 2. The zero-order valence-corrected chi connectivity index (χ0v) is 21.5. The summed E-state index contributed by atoms with van der Waals surface area (Å²) < 4.78 is 10.7. The summed E-state index contributed by atoms with van der Waals surface area (Å²) in [5.74, 6) is -1.47.